The highest BCUT2D eigenvalue weighted by Gasteiger charge is 2.09. The zero-order valence-electron chi connectivity index (χ0n) is 11.4. The number of rotatable bonds is 3. The second kappa shape index (κ2) is 6.07. The number of carbonyl (C=O) groups is 1. The largest absolute Gasteiger partial charge is 0.309 e. The van der Waals surface area contributed by atoms with Crippen LogP contribution in [-0.2, 0) is 11.3 Å². The van der Waals surface area contributed by atoms with Gasteiger partial charge in [-0.2, -0.15) is 5.10 Å². The summed E-state index contributed by atoms with van der Waals surface area (Å²) >= 11 is 3.27. The molecule has 0 bridgehead atoms. The highest BCUT2D eigenvalue weighted by molar-refractivity contribution is 9.10. The first-order valence-corrected chi connectivity index (χ1v) is 7.29. The maximum atomic E-state index is 12.3. The van der Waals surface area contributed by atoms with E-state index in [-0.39, 0.29) is 18.0 Å². The van der Waals surface area contributed by atoms with Crippen LogP contribution in [0.25, 0.3) is 10.8 Å². The van der Waals surface area contributed by atoms with E-state index in [9.17, 15) is 9.59 Å². The van der Waals surface area contributed by atoms with Crippen LogP contribution >= 0.6 is 15.9 Å². The van der Waals surface area contributed by atoms with Crippen LogP contribution in [0.2, 0.25) is 0 Å². The summed E-state index contributed by atoms with van der Waals surface area (Å²) in [6.07, 6.45) is 3.15. The molecule has 1 amide bonds. The summed E-state index contributed by atoms with van der Waals surface area (Å²) in [5.41, 5.74) is -0.294. The van der Waals surface area contributed by atoms with E-state index < -0.39 is 0 Å². The van der Waals surface area contributed by atoms with Gasteiger partial charge in [-0.1, -0.05) is 18.2 Å². The van der Waals surface area contributed by atoms with Gasteiger partial charge in [0.05, 0.1) is 11.6 Å². The highest BCUT2D eigenvalue weighted by atomic mass is 79.9. The van der Waals surface area contributed by atoms with Crippen molar-refractivity contribution in [1.29, 1.82) is 0 Å². The second-order valence-electron chi connectivity index (χ2n) is 4.60. The molecule has 7 heteroatoms. The summed E-state index contributed by atoms with van der Waals surface area (Å²) in [5, 5.41) is 7.92. The molecule has 0 spiro atoms. The Morgan fingerprint density at radius 1 is 1.18 bits per heavy atom. The first-order chi connectivity index (χ1) is 10.6. The van der Waals surface area contributed by atoms with Crippen LogP contribution in [0.1, 0.15) is 0 Å². The number of anilines is 1. The van der Waals surface area contributed by atoms with Gasteiger partial charge in [-0.3, -0.25) is 9.59 Å². The van der Waals surface area contributed by atoms with Crippen LogP contribution in [0.4, 0.5) is 5.82 Å². The molecule has 2 heterocycles. The van der Waals surface area contributed by atoms with Crippen molar-refractivity contribution in [2.24, 2.45) is 0 Å². The van der Waals surface area contributed by atoms with Crippen molar-refractivity contribution in [3.63, 3.8) is 0 Å². The number of nitrogens with zero attached hydrogens (tertiary/aromatic N) is 3. The summed E-state index contributed by atoms with van der Waals surface area (Å²) in [5.74, 6) is 0.0572. The monoisotopic (exact) mass is 358 g/mol. The second-order valence-corrected chi connectivity index (χ2v) is 5.52. The molecule has 2 aromatic heterocycles. The molecular formula is C15H11BrN4O2. The number of aromatic nitrogens is 3. The summed E-state index contributed by atoms with van der Waals surface area (Å²) in [6.45, 7) is -0.165. The minimum Gasteiger partial charge on any atom is -0.309 e. The van der Waals surface area contributed by atoms with Gasteiger partial charge in [-0.25, -0.2) is 9.67 Å². The molecule has 22 heavy (non-hydrogen) atoms. The maximum Gasteiger partial charge on any atom is 0.275 e. The van der Waals surface area contributed by atoms with Crippen LogP contribution in [0.15, 0.2) is 58.1 Å². The van der Waals surface area contributed by atoms with E-state index in [4.69, 9.17) is 0 Å². The Morgan fingerprint density at radius 2 is 2.00 bits per heavy atom. The third-order valence-electron chi connectivity index (χ3n) is 3.05. The van der Waals surface area contributed by atoms with Gasteiger partial charge < -0.3 is 5.32 Å². The third-order valence-corrected chi connectivity index (χ3v) is 3.52. The zero-order chi connectivity index (χ0) is 15.5. The molecule has 0 atom stereocenters. The Kier molecular flexibility index (Phi) is 3.97. The molecule has 110 valence electrons. The molecular weight excluding hydrogens is 348 g/mol. The van der Waals surface area contributed by atoms with Crippen molar-refractivity contribution in [3.05, 3.63) is 63.6 Å². The maximum absolute atomic E-state index is 12.3. The van der Waals surface area contributed by atoms with E-state index in [1.54, 1.807) is 42.7 Å². The molecule has 1 N–H and O–H groups in total. The average molecular weight is 359 g/mol. The number of amides is 1. The molecule has 0 fully saturated rings. The van der Waals surface area contributed by atoms with Gasteiger partial charge in [-0.05, 0) is 34.1 Å². The first-order valence-electron chi connectivity index (χ1n) is 6.50. The minimum absolute atomic E-state index is 0.165. The molecule has 0 aliphatic heterocycles. The standard InChI is InChI=1S/C15H11BrN4O2/c16-11-5-6-13(17-8-11)19-14(21)9-20-15(22)12-4-2-1-3-10(12)7-18-20/h1-8H,9H2,(H,17,19,21). The van der Waals surface area contributed by atoms with Gasteiger partial charge in [0, 0.05) is 16.1 Å². The van der Waals surface area contributed by atoms with Crippen LogP contribution in [-0.4, -0.2) is 20.7 Å². The Bertz CT molecular complexity index is 890. The van der Waals surface area contributed by atoms with Crippen molar-refractivity contribution in [3.8, 4) is 0 Å². The molecule has 0 radical (unpaired) electrons. The molecule has 0 aliphatic rings. The molecule has 3 rings (SSSR count). The van der Waals surface area contributed by atoms with Gasteiger partial charge >= 0.3 is 0 Å². The van der Waals surface area contributed by atoms with E-state index >= 15 is 0 Å². The lowest BCUT2D eigenvalue weighted by atomic mass is 10.2. The van der Waals surface area contributed by atoms with Crippen molar-refractivity contribution >= 4 is 38.4 Å². The number of hydrogen-bond donors (Lipinski definition) is 1. The summed E-state index contributed by atoms with van der Waals surface area (Å²) in [4.78, 5) is 28.3. The Balaban J connectivity index is 1.81. The van der Waals surface area contributed by atoms with Crippen molar-refractivity contribution in [1.82, 2.24) is 14.8 Å². The van der Waals surface area contributed by atoms with Gasteiger partial charge in [0.25, 0.3) is 5.56 Å². The summed E-state index contributed by atoms with van der Waals surface area (Å²) in [6, 6.07) is 10.6. The SMILES string of the molecule is O=C(Cn1ncc2ccccc2c1=O)Nc1ccc(Br)cn1. The first kappa shape index (κ1) is 14.4. The van der Waals surface area contributed by atoms with E-state index in [1.165, 1.54) is 0 Å². The van der Waals surface area contributed by atoms with Crippen LogP contribution in [0, 0.1) is 0 Å². The van der Waals surface area contributed by atoms with Crippen LogP contribution in [0.5, 0.6) is 0 Å². The van der Waals surface area contributed by atoms with Gasteiger partial charge in [0.2, 0.25) is 5.91 Å². The van der Waals surface area contributed by atoms with Crippen molar-refractivity contribution in [2.45, 2.75) is 6.54 Å². The number of halogens is 1. The molecule has 1 aromatic carbocycles. The predicted molar refractivity (Wildman–Crippen MR) is 86.6 cm³/mol. The number of carbonyl (C=O) groups excluding carboxylic acids is 1. The number of hydrogen-bond acceptors (Lipinski definition) is 4. The van der Waals surface area contributed by atoms with E-state index in [0.717, 1.165) is 14.5 Å². The molecule has 0 unspecified atom stereocenters. The van der Waals surface area contributed by atoms with Gasteiger partial charge in [0.1, 0.15) is 12.4 Å². The topological polar surface area (TPSA) is 76.9 Å². The average Bonchev–Trinajstić information content (AvgIpc) is 2.53. The number of fused-ring (bicyclic) bond motifs is 1. The fraction of sp³-hybridized carbons (Fsp3) is 0.0667. The molecule has 0 saturated carbocycles. The van der Waals surface area contributed by atoms with E-state index in [1.807, 2.05) is 6.07 Å². The lowest BCUT2D eigenvalue weighted by Crippen LogP contribution is -2.29. The predicted octanol–water partition coefficient (Wildman–Crippen LogP) is 2.19. The smallest absolute Gasteiger partial charge is 0.275 e. The van der Waals surface area contributed by atoms with Gasteiger partial charge in [0.15, 0.2) is 0 Å². The lowest BCUT2D eigenvalue weighted by molar-refractivity contribution is -0.117. The zero-order valence-corrected chi connectivity index (χ0v) is 12.9. The molecule has 0 saturated heterocycles. The minimum atomic E-state index is -0.361. The molecule has 0 aliphatic carbocycles. The fourth-order valence-corrected chi connectivity index (χ4v) is 2.24. The fourth-order valence-electron chi connectivity index (χ4n) is 2.01. The van der Waals surface area contributed by atoms with Crippen LogP contribution < -0.4 is 10.9 Å². The lowest BCUT2D eigenvalue weighted by Gasteiger charge is -2.07. The normalized spacial score (nSPS) is 10.6. The number of nitrogens with one attached hydrogen (secondary N) is 1. The Hall–Kier alpha value is -2.54. The van der Waals surface area contributed by atoms with Crippen molar-refractivity contribution in [2.75, 3.05) is 5.32 Å². The third kappa shape index (κ3) is 3.04. The quantitative estimate of drug-likeness (QED) is 0.778. The molecule has 6 nitrogen and oxygen atoms in total. The summed E-state index contributed by atoms with van der Waals surface area (Å²) in [7, 11) is 0. The highest BCUT2D eigenvalue weighted by Crippen LogP contribution is 2.10. The Morgan fingerprint density at radius 3 is 2.77 bits per heavy atom. The Labute approximate surface area is 133 Å². The van der Waals surface area contributed by atoms with Gasteiger partial charge in [-0.15, -0.1) is 0 Å². The van der Waals surface area contributed by atoms with E-state index in [2.05, 4.69) is 31.3 Å². The summed E-state index contributed by atoms with van der Waals surface area (Å²) < 4.78 is 1.95. The number of benzene rings is 1. The number of pyridine rings is 1. The van der Waals surface area contributed by atoms with Crippen LogP contribution in [0.3, 0.4) is 0 Å². The molecule has 3 aromatic rings. The van der Waals surface area contributed by atoms with E-state index in [0.29, 0.717) is 11.2 Å². The van der Waals surface area contributed by atoms with Crippen molar-refractivity contribution < 1.29 is 4.79 Å².